The van der Waals surface area contributed by atoms with Crippen LogP contribution in [0.15, 0.2) is 11.6 Å². The van der Waals surface area contributed by atoms with Gasteiger partial charge in [-0.25, -0.2) is 8.78 Å². The Hall–Kier alpha value is -0.730. The lowest BCUT2D eigenvalue weighted by Gasteiger charge is -2.56. The zero-order valence-corrected chi connectivity index (χ0v) is 8.39. The minimum absolute atomic E-state index is 0.0502. The van der Waals surface area contributed by atoms with E-state index in [1.807, 2.05) is 0 Å². The van der Waals surface area contributed by atoms with Crippen molar-refractivity contribution >= 4 is 5.78 Å². The van der Waals surface area contributed by atoms with Gasteiger partial charge in [-0.15, -0.1) is 0 Å². The van der Waals surface area contributed by atoms with Crippen LogP contribution in [0.5, 0.6) is 0 Å². The van der Waals surface area contributed by atoms with Crippen LogP contribution < -0.4 is 0 Å². The number of fused-ring (bicyclic) bond motifs is 1. The van der Waals surface area contributed by atoms with Crippen LogP contribution >= 0.6 is 0 Å². The number of ketones is 1. The number of halogens is 2. The molecule has 3 heteroatoms. The summed E-state index contributed by atoms with van der Waals surface area (Å²) in [6.07, 6.45) is 0.585. The van der Waals surface area contributed by atoms with E-state index in [4.69, 9.17) is 0 Å². The summed E-state index contributed by atoms with van der Waals surface area (Å²) in [7, 11) is 0. The van der Waals surface area contributed by atoms with Crippen LogP contribution in [0.25, 0.3) is 0 Å². The van der Waals surface area contributed by atoms with Crippen molar-refractivity contribution in [3.63, 3.8) is 0 Å². The molecule has 14 heavy (non-hydrogen) atoms. The van der Waals surface area contributed by atoms with Crippen LogP contribution in [0.3, 0.4) is 0 Å². The number of Topliss-reactive ketones (excluding diaryl/α,β-unsaturated/α-hetero) is 1. The second kappa shape index (κ2) is 2.88. The maximum Gasteiger partial charge on any atom is 0.300 e. The zero-order valence-electron chi connectivity index (χ0n) is 8.39. The predicted molar refractivity (Wildman–Crippen MR) is 49.1 cm³/mol. The van der Waals surface area contributed by atoms with Crippen LogP contribution in [0.4, 0.5) is 8.78 Å². The Labute approximate surface area is 82.2 Å². The molecule has 0 aliphatic heterocycles. The zero-order chi connectivity index (χ0) is 10.5. The monoisotopic (exact) mass is 200 g/mol. The number of rotatable bonds is 2. The molecule has 0 aromatic carbocycles. The molecule has 2 atom stereocenters. The molecule has 0 spiro atoms. The minimum atomic E-state index is -2.84. The quantitative estimate of drug-likeness (QED) is 0.669. The fourth-order valence-corrected chi connectivity index (χ4v) is 2.75. The van der Waals surface area contributed by atoms with E-state index in [0.29, 0.717) is 11.5 Å². The van der Waals surface area contributed by atoms with Crippen molar-refractivity contribution in [1.82, 2.24) is 0 Å². The van der Waals surface area contributed by atoms with Crippen LogP contribution in [0.2, 0.25) is 0 Å². The van der Waals surface area contributed by atoms with Crippen molar-refractivity contribution in [3.05, 3.63) is 11.6 Å². The van der Waals surface area contributed by atoms with Gasteiger partial charge in [-0.3, -0.25) is 4.79 Å². The number of hydrogen-bond donors (Lipinski definition) is 0. The third-order valence-corrected chi connectivity index (χ3v) is 3.95. The summed E-state index contributed by atoms with van der Waals surface area (Å²) in [5, 5.41) is 0. The van der Waals surface area contributed by atoms with Gasteiger partial charge in [0.2, 0.25) is 5.78 Å². The molecule has 2 bridgehead atoms. The summed E-state index contributed by atoms with van der Waals surface area (Å²) in [4.78, 5) is 11.2. The van der Waals surface area contributed by atoms with Gasteiger partial charge in [0.15, 0.2) is 0 Å². The number of carbonyl (C=O) groups is 1. The topological polar surface area (TPSA) is 17.1 Å². The standard InChI is InChI=1S/C11H14F2O/c1-11(2)6-3-4-7(8(11)5-6)9(14)10(12)13/h4,6,8,10H,3,5H2,1-2H3. The number of alkyl halides is 2. The highest BCUT2D eigenvalue weighted by atomic mass is 19.3. The first kappa shape index (κ1) is 9.81. The van der Waals surface area contributed by atoms with E-state index in [2.05, 4.69) is 13.8 Å². The van der Waals surface area contributed by atoms with Gasteiger partial charge in [-0.1, -0.05) is 19.9 Å². The van der Waals surface area contributed by atoms with Gasteiger partial charge in [-0.05, 0) is 30.1 Å². The minimum Gasteiger partial charge on any atom is -0.288 e. The molecule has 1 nitrogen and oxygen atoms in total. The molecule has 0 saturated heterocycles. The number of carbonyl (C=O) groups excluding carboxylic acids is 1. The summed E-state index contributed by atoms with van der Waals surface area (Å²) >= 11 is 0. The Morgan fingerprint density at radius 1 is 1.57 bits per heavy atom. The molecule has 0 N–H and O–H groups in total. The maximum absolute atomic E-state index is 12.3. The van der Waals surface area contributed by atoms with Crippen molar-refractivity contribution in [2.24, 2.45) is 17.3 Å². The van der Waals surface area contributed by atoms with Gasteiger partial charge in [0.1, 0.15) is 0 Å². The van der Waals surface area contributed by atoms with E-state index < -0.39 is 12.2 Å². The van der Waals surface area contributed by atoms with E-state index in [0.717, 1.165) is 12.8 Å². The molecular formula is C11H14F2O. The molecule has 1 fully saturated rings. The Bertz CT molecular complexity index is 304. The molecule has 2 unspecified atom stereocenters. The highest BCUT2D eigenvalue weighted by Gasteiger charge is 2.53. The fraction of sp³-hybridized carbons (Fsp3) is 0.727. The molecule has 0 amide bonds. The molecule has 3 aliphatic rings. The van der Waals surface area contributed by atoms with E-state index in [1.54, 1.807) is 6.08 Å². The second-order valence-corrected chi connectivity index (χ2v) is 4.87. The summed E-state index contributed by atoms with van der Waals surface area (Å²) in [6.45, 7) is 4.13. The van der Waals surface area contributed by atoms with Gasteiger partial charge in [-0.2, -0.15) is 0 Å². The molecule has 3 aliphatic carbocycles. The van der Waals surface area contributed by atoms with Crippen molar-refractivity contribution in [3.8, 4) is 0 Å². The van der Waals surface area contributed by atoms with Crippen LogP contribution in [-0.2, 0) is 4.79 Å². The van der Waals surface area contributed by atoms with Crippen molar-refractivity contribution in [1.29, 1.82) is 0 Å². The predicted octanol–water partition coefficient (Wildman–Crippen LogP) is 2.81. The average Bonchev–Trinajstić information content (AvgIpc) is 2.16. The Morgan fingerprint density at radius 2 is 2.21 bits per heavy atom. The lowest BCUT2D eigenvalue weighted by molar-refractivity contribution is -0.129. The molecule has 0 aromatic rings. The first-order valence-corrected chi connectivity index (χ1v) is 4.97. The van der Waals surface area contributed by atoms with E-state index >= 15 is 0 Å². The fourth-order valence-electron chi connectivity index (χ4n) is 2.75. The molecule has 0 radical (unpaired) electrons. The normalized spacial score (nSPS) is 33.6. The molecule has 78 valence electrons. The van der Waals surface area contributed by atoms with Gasteiger partial charge in [0, 0.05) is 5.57 Å². The second-order valence-electron chi connectivity index (χ2n) is 4.87. The maximum atomic E-state index is 12.3. The van der Waals surface area contributed by atoms with Gasteiger partial charge >= 0.3 is 0 Å². The highest BCUT2D eigenvalue weighted by molar-refractivity contribution is 5.98. The Kier molecular flexibility index (Phi) is 2.02. The van der Waals surface area contributed by atoms with Crippen LogP contribution in [-0.4, -0.2) is 12.2 Å². The van der Waals surface area contributed by atoms with Gasteiger partial charge in [0.25, 0.3) is 6.43 Å². The van der Waals surface area contributed by atoms with Crippen molar-refractivity contribution < 1.29 is 13.6 Å². The van der Waals surface area contributed by atoms with E-state index in [-0.39, 0.29) is 11.3 Å². The summed E-state index contributed by atoms with van der Waals surface area (Å²) in [5.74, 6) is -0.300. The van der Waals surface area contributed by atoms with Crippen molar-refractivity contribution in [2.45, 2.75) is 33.1 Å². The molecule has 1 saturated carbocycles. The van der Waals surface area contributed by atoms with E-state index in [1.165, 1.54) is 0 Å². The van der Waals surface area contributed by atoms with Crippen LogP contribution in [0, 0.1) is 17.3 Å². The highest BCUT2D eigenvalue weighted by Crippen LogP contribution is 2.59. The van der Waals surface area contributed by atoms with Crippen molar-refractivity contribution in [2.75, 3.05) is 0 Å². The average molecular weight is 200 g/mol. The molecule has 0 heterocycles. The lowest BCUT2D eigenvalue weighted by atomic mass is 9.48. The number of allylic oxidation sites excluding steroid dienone is 2. The SMILES string of the molecule is CC1(C)C2CC=C(C(=O)C(F)F)C1C2. The summed E-state index contributed by atoms with van der Waals surface area (Å²) in [6, 6.07) is 0. The lowest BCUT2D eigenvalue weighted by Crippen LogP contribution is -2.49. The first-order valence-electron chi connectivity index (χ1n) is 4.97. The number of hydrogen-bond acceptors (Lipinski definition) is 1. The largest absolute Gasteiger partial charge is 0.300 e. The van der Waals surface area contributed by atoms with Gasteiger partial charge in [0.05, 0.1) is 0 Å². The molecule has 0 aromatic heterocycles. The smallest absolute Gasteiger partial charge is 0.288 e. The first-order chi connectivity index (χ1) is 6.44. The third-order valence-electron chi connectivity index (χ3n) is 3.95. The molecule has 3 rings (SSSR count). The van der Waals surface area contributed by atoms with E-state index in [9.17, 15) is 13.6 Å². The summed E-state index contributed by atoms with van der Waals surface area (Å²) in [5.41, 5.74) is 0.432. The van der Waals surface area contributed by atoms with Gasteiger partial charge < -0.3 is 0 Å². The van der Waals surface area contributed by atoms with Crippen LogP contribution in [0.1, 0.15) is 26.7 Å². The Balaban J connectivity index is 2.23. The summed E-state index contributed by atoms with van der Waals surface area (Å²) < 4.78 is 24.5. The molecular weight excluding hydrogens is 186 g/mol. The Morgan fingerprint density at radius 3 is 2.64 bits per heavy atom. The third kappa shape index (κ3) is 1.14.